The van der Waals surface area contributed by atoms with E-state index in [2.05, 4.69) is 5.32 Å². The first-order chi connectivity index (χ1) is 6.69. The molecular weight excluding hydrogens is 223 g/mol. The van der Waals surface area contributed by atoms with Crippen LogP contribution < -0.4 is 10.1 Å². The second kappa shape index (κ2) is 4.94. The number of ether oxygens (including phenoxy) is 1. The molecule has 74 valence electrons. The number of hydrogen-bond donors (Lipinski definition) is 1. The summed E-state index contributed by atoms with van der Waals surface area (Å²) in [6.07, 6.45) is 0. The molecule has 0 aliphatic carbocycles. The van der Waals surface area contributed by atoms with Crippen molar-refractivity contribution in [2.24, 2.45) is 0 Å². The number of methoxy groups -OCH3 is 1. The van der Waals surface area contributed by atoms with Gasteiger partial charge in [-0.25, -0.2) is 0 Å². The van der Waals surface area contributed by atoms with Crippen molar-refractivity contribution in [3.63, 3.8) is 0 Å². The van der Waals surface area contributed by atoms with E-state index in [9.17, 15) is 0 Å². The van der Waals surface area contributed by atoms with Crippen LogP contribution in [0.15, 0.2) is 12.1 Å². The summed E-state index contributed by atoms with van der Waals surface area (Å²) in [5, 5.41) is 12.2. The van der Waals surface area contributed by atoms with Crippen LogP contribution in [0.25, 0.3) is 0 Å². The Morgan fingerprint density at radius 2 is 2.21 bits per heavy atom. The lowest BCUT2D eigenvalue weighted by molar-refractivity contribution is 0.417. The third-order valence-electron chi connectivity index (χ3n) is 1.57. The second-order valence-corrected chi connectivity index (χ2v) is 3.32. The topological polar surface area (TPSA) is 45.0 Å². The molecule has 14 heavy (non-hydrogen) atoms. The molecule has 0 bridgehead atoms. The van der Waals surface area contributed by atoms with Gasteiger partial charge in [0.05, 0.1) is 23.9 Å². The first-order valence-corrected chi connectivity index (χ1v) is 4.58. The zero-order valence-corrected chi connectivity index (χ0v) is 8.99. The number of nitrogens with one attached hydrogen (secondary N) is 1. The molecule has 1 aromatic rings. The van der Waals surface area contributed by atoms with Gasteiger partial charge in [0.15, 0.2) is 5.75 Å². The lowest BCUT2D eigenvalue weighted by Gasteiger charge is -2.10. The molecule has 5 heteroatoms. The van der Waals surface area contributed by atoms with Crippen molar-refractivity contribution in [1.82, 2.24) is 0 Å². The number of nitrogens with zero attached hydrogens (tertiary/aromatic N) is 1. The molecule has 0 aliphatic rings. The molecule has 0 spiro atoms. The normalized spacial score (nSPS) is 9.29. The Bertz CT molecular complexity index is 374. The van der Waals surface area contributed by atoms with Crippen LogP contribution >= 0.6 is 23.2 Å². The molecular formula is C9H8Cl2N2O. The molecule has 0 saturated carbocycles. The zero-order chi connectivity index (χ0) is 10.6. The first-order valence-electron chi connectivity index (χ1n) is 3.83. The average molecular weight is 231 g/mol. The maximum absolute atomic E-state index is 8.41. The van der Waals surface area contributed by atoms with E-state index in [0.29, 0.717) is 21.5 Å². The van der Waals surface area contributed by atoms with Crippen LogP contribution in [-0.2, 0) is 0 Å². The third-order valence-corrected chi connectivity index (χ3v) is 2.07. The number of benzene rings is 1. The fraction of sp³-hybridized carbons (Fsp3) is 0.222. The van der Waals surface area contributed by atoms with Crippen LogP contribution in [0.1, 0.15) is 0 Å². The minimum Gasteiger partial charge on any atom is -0.493 e. The van der Waals surface area contributed by atoms with E-state index in [1.54, 1.807) is 12.1 Å². The van der Waals surface area contributed by atoms with Crippen LogP contribution in [-0.4, -0.2) is 13.7 Å². The Labute approximate surface area is 92.2 Å². The highest BCUT2D eigenvalue weighted by Gasteiger charge is 2.08. The zero-order valence-electron chi connectivity index (χ0n) is 7.47. The highest BCUT2D eigenvalue weighted by Crippen LogP contribution is 2.35. The monoisotopic (exact) mass is 230 g/mol. The summed E-state index contributed by atoms with van der Waals surface area (Å²) in [5.41, 5.74) is 0.617. The molecule has 0 atom stereocenters. The number of anilines is 1. The fourth-order valence-electron chi connectivity index (χ4n) is 1.03. The largest absolute Gasteiger partial charge is 0.493 e. The Hall–Kier alpha value is -1.11. The van der Waals surface area contributed by atoms with Crippen LogP contribution in [0.4, 0.5) is 5.69 Å². The van der Waals surface area contributed by atoms with E-state index in [0.717, 1.165) is 0 Å². The molecule has 0 radical (unpaired) electrons. The maximum Gasteiger partial charge on any atom is 0.160 e. The van der Waals surface area contributed by atoms with Gasteiger partial charge in [-0.1, -0.05) is 23.2 Å². The van der Waals surface area contributed by atoms with Crippen molar-refractivity contribution in [3.05, 3.63) is 22.2 Å². The van der Waals surface area contributed by atoms with Gasteiger partial charge in [0.25, 0.3) is 0 Å². The standard InChI is InChI=1S/C9H8Cl2N2O/c1-14-9-7(11)4-6(10)5-8(9)13-3-2-12/h4-5,13H,3H2,1H3. The SMILES string of the molecule is COc1c(Cl)cc(Cl)cc1NCC#N. The number of nitriles is 1. The summed E-state index contributed by atoms with van der Waals surface area (Å²) in [5.74, 6) is 0.492. The van der Waals surface area contributed by atoms with E-state index in [-0.39, 0.29) is 6.54 Å². The smallest absolute Gasteiger partial charge is 0.160 e. The number of hydrogen-bond acceptors (Lipinski definition) is 3. The van der Waals surface area contributed by atoms with Crippen molar-refractivity contribution in [2.75, 3.05) is 19.0 Å². The quantitative estimate of drug-likeness (QED) is 0.813. The van der Waals surface area contributed by atoms with Gasteiger partial charge in [-0.3, -0.25) is 0 Å². The summed E-state index contributed by atoms with van der Waals surface area (Å²) in [7, 11) is 1.51. The highest BCUT2D eigenvalue weighted by atomic mass is 35.5. The average Bonchev–Trinajstić information content (AvgIpc) is 2.14. The molecule has 3 nitrogen and oxygen atoms in total. The van der Waals surface area contributed by atoms with Gasteiger partial charge in [-0.15, -0.1) is 0 Å². The van der Waals surface area contributed by atoms with Crippen molar-refractivity contribution in [1.29, 1.82) is 5.26 Å². The van der Waals surface area contributed by atoms with Crippen LogP contribution in [0.3, 0.4) is 0 Å². The molecule has 0 aromatic heterocycles. The number of halogens is 2. The lowest BCUT2D eigenvalue weighted by Crippen LogP contribution is -2.01. The van der Waals surface area contributed by atoms with Crippen molar-refractivity contribution in [2.45, 2.75) is 0 Å². The lowest BCUT2D eigenvalue weighted by atomic mass is 10.3. The predicted octanol–water partition coefficient (Wildman–Crippen LogP) is 2.94. The molecule has 0 unspecified atom stereocenters. The van der Waals surface area contributed by atoms with Gasteiger partial charge in [0, 0.05) is 5.02 Å². The van der Waals surface area contributed by atoms with E-state index < -0.39 is 0 Å². The first kappa shape index (κ1) is 11.0. The Morgan fingerprint density at radius 1 is 1.50 bits per heavy atom. The molecule has 1 aromatic carbocycles. The van der Waals surface area contributed by atoms with Gasteiger partial charge in [-0.2, -0.15) is 5.26 Å². The number of rotatable bonds is 3. The molecule has 0 aliphatic heterocycles. The Morgan fingerprint density at radius 3 is 2.79 bits per heavy atom. The van der Waals surface area contributed by atoms with E-state index in [4.69, 9.17) is 33.2 Å². The third kappa shape index (κ3) is 2.44. The molecule has 1 rings (SSSR count). The molecule has 0 amide bonds. The molecule has 0 heterocycles. The van der Waals surface area contributed by atoms with Gasteiger partial charge in [-0.05, 0) is 12.1 Å². The van der Waals surface area contributed by atoms with Crippen LogP contribution in [0.5, 0.6) is 5.75 Å². The van der Waals surface area contributed by atoms with E-state index >= 15 is 0 Å². The summed E-state index contributed by atoms with van der Waals surface area (Å²) < 4.78 is 5.07. The van der Waals surface area contributed by atoms with Gasteiger partial charge < -0.3 is 10.1 Å². The van der Waals surface area contributed by atoms with Gasteiger partial charge >= 0.3 is 0 Å². The van der Waals surface area contributed by atoms with Gasteiger partial charge in [0.2, 0.25) is 0 Å². The molecule has 0 fully saturated rings. The highest BCUT2D eigenvalue weighted by molar-refractivity contribution is 6.36. The Balaban J connectivity index is 3.06. The maximum atomic E-state index is 8.41. The minimum atomic E-state index is 0.174. The van der Waals surface area contributed by atoms with Crippen molar-refractivity contribution < 1.29 is 4.74 Å². The fourth-order valence-corrected chi connectivity index (χ4v) is 1.60. The van der Waals surface area contributed by atoms with E-state index in [1.165, 1.54) is 7.11 Å². The Kier molecular flexibility index (Phi) is 3.87. The summed E-state index contributed by atoms with van der Waals surface area (Å²) in [6.45, 7) is 0.174. The second-order valence-electron chi connectivity index (χ2n) is 2.48. The summed E-state index contributed by atoms with van der Waals surface area (Å²) in [4.78, 5) is 0. The molecule has 1 N–H and O–H groups in total. The van der Waals surface area contributed by atoms with Crippen LogP contribution in [0, 0.1) is 11.3 Å². The molecule has 0 saturated heterocycles. The van der Waals surface area contributed by atoms with E-state index in [1.807, 2.05) is 6.07 Å². The summed E-state index contributed by atoms with van der Waals surface area (Å²) >= 11 is 11.7. The van der Waals surface area contributed by atoms with Gasteiger partial charge in [0.1, 0.15) is 6.54 Å². The predicted molar refractivity (Wildman–Crippen MR) is 57.1 cm³/mol. The van der Waals surface area contributed by atoms with Crippen LogP contribution in [0.2, 0.25) is 10.0 Å². The van der Waals surface area contributed by atoms with Crippen molar-refractivity contribution >= 4 is 28.9 Å². The van der Waals surface area contributed by atoms with Crippen molar-refractivity contribution in [3.8, 4) is 11.8 Å². The summed E-state index contributed by atoms with van der Waals surface area (Å²) in [6, 6.07) is 5.19. The minimum absolute atomic E-state index is 0.174.